The summed E-state index contributed by atoms with van der Waals surface area (Å²) in [6, 6.07) is 8.28. The fourth-order valence-electron chi connectivity index (χ4n) is 3.59. The molecule has 0 saturated heterocycles. The van der Waals surface area contributed by atoms with Gasteiger partial charge in [-0.25, -0.2) is 24.1 Å². The predicted molar refractivity (Wildman–Crippen MR) is 107 cm³/mol. The third-order valence-corrected chi connectivity index (χ3v) is 5.36. The summed E-state index contributed by atoms with van der Waals surface area (Å²) in [5.41, 5.74) is -10.4. The van der Waals surface area contributed by atoms with Crippen LogP contribution in [0.25, 0.3) is 5.69 Å². The van der Waals surface area contributed by atoms with E-state index in [4.69, 9.17) is 11.6 Å². The largest absolute Gasteiger partial charge is 0.446 e. The molecule has 3 N–H and O–H groups in total. The Balaban J connectivity index is 2.17. The van der Waals surface area contributed by atoms with Crippen molar-refractivity contribution in [1.29, 1.82) is 0 Å². The van der Waals surface area contributed by atoms with E-state index in [-0.39, 0.29) is 16.3 Å². The summed E-state index contributed by atoms with van der Waals surface area (Å²) < 4.78 is 99.3. The highest BCUT2D eigenvalue weighted by Gasteiger charge is 2.78. The molecule has 0 amide bonds. The van der Waals surface area contributed by atoms with Gasteiger partial charge in [0.15, 0.2) is 0 Å². The Bertz CT molecular complexity index is 1390. The number of hydrogen-bond donors (Lipinski definition) is 3. The van der Waals surface area contributed by atoms with Gasteiger partial charge in [0.2, 0.25) is 5.82 Å². The van der Waals surface area contributed by atoms with E-state index in [1.807, 2.05) is 0 Å². The highest BCUT2D eigenvalue weighted by Crippen LogP contribution is 2.48. The Morgan fingerprint density at radius 1 is 0.882 bits per heavy atom. The van der Waals surface area contributed by atoms with Gasteiger partial charge in [-0.15, -0.1) is 0 Å². The summed E-state index contributed by atoms with van der Waals surface area (Å²) in [6.45, 7) is 0. The molecule has 0 radical (unpaired) electrons. The van der Waals surface area contributed by atoms with Crippen LogP contribution in [-0.4, -0.2) is 27.7 Å². The van der Waals surface area contributed by atoms with Crippen LogP contribution in [0.15, 0.2) is 58.1 Å². The number of nitrogens with one attached hydrogen (secondary N) is 3. The van der Waals surface area contributed by atoms with Crippen molar-refractivity contribution in [3.8, 4) is 5.69 Å². The van der Waals surface area contributed by atoms with Crippen molar-refractivity contribution < 1.29 is 35.7 Å². The van der Waals surface area contributed by atoms with E-state index in [1.165, 1.54) is 22.1 Å². The van der Waals surface area contributed by atoms with Gasteiger partial charge >= 0.3 is 23.6 Å². The molecule has 0 aliphatic carbocycles. The van der Waals surface area contributed by atoms with Crippen LogP contribution in [0.4, 0.5) is 36.6 Å². The fourth-order valence-corrected chi connectivity index (χ4v) is 3.71. The van der Waals surface area contributed by atoms with Crippen molar-refractivity contribution in [2.45, 2.75) is 17.9 Å². The Morgan fingerprint density at radius 2 is 1.44 bits per heavy atom. The molecule has 1 aromatic heterocycles. The average molecular weight is 508 g/mol. The normalized spacial score (nSPS) is 15.4. The van der Waals surface area contributed by atoms with Crippen molar-refractivity contribution >= 4 is 23.3 Å². The minimum atomic E-state index is -6.11. The van der Waals surface area contributed by atoms with Gasteiger partial charge in [0.25, 0.3) is 11.4 Å². The van der Waals surface area contributed by atoms with Crippen LogP contribution >= 0.6 is 11.6 Å². The van der Waals surface area contributed by atoms with Crippen LogP contribution in [0.1, 0.15) is 11.1 Å². The van der Waals surface area contributed by atoms with Gasteiger partial charge in [0.1, 0.15) is 11.4 Å². The quantitative estimate of drug-likeness (QED) is 0.467. The molecule has 1 aliphatic heterocycles. The number of amidine groups is 1. The van der Waals surface area contributed by atoms with E-state index >= 15 is 0 Å². The lowest BCUT2D eigenvalue weighted by atomic mass is 9.87. The highest BCUT2D eigenvalue weighted by molar-refractivity contribution is 6.30. The number of benzene rings is 2. The molecule has 3 aromatic rings. The number of fused-ring (bicyclic) bond motifs is 1. The summed E-state index contributed by atoms with van der Waals surface area (Å²) in [4.78, 5) is 28.0. The first-order valence-corrected chi connectivity index (χ1v) is 9.61. The molecule has 0 fully saturated rings. The highest BCUT2D eigenvalue weighted by atomic mass is 35.5. The molecular formula is C20H11ClF7N4O2+. The van der Waals surface area contributed by atoms with Crippen LogP contribution in [0.5, 0.6) is 0 Å². The third kappa shape index (κ3) is 3.56. The monoisotopic (exact) mass is 507 g/mol. The second-order valence-corrected chi connectivity index (χ2v) is 7.61. The zero-order valence-electron chi connectivity index (χ0n) is 16.4. The number of aromatic nitrogens is 2. The average Bonchev–Trinajstić information content (AvgIpc) is 2.73. The van der Waals surface area contributed by atoms with Crippen LogP contribution in [-0.2, 0) is 5.54 Å². The molecule has 4 rings (SSSR count). The van der Waals surface area contributed by atoms with Gasteiger partial charge in [-0.05, 0) is 48.5 Å². The zero-order valence-corrected chi connectivity index (χ0v) is 17.2. The number of aromatic amines is 1. The van der Waals surface area contributed by atoms with Crippen LogP contribution in [0, 0.1) is 5.82 Å². The zero-order chi connectivity index (χ0) is 25.1. The van der Waals surface area contributed by atoms with Gasteiger partial charge in [-0.3, -0.25) is 9.78 Å². The minimum absolute atomic E-state index is 0.170. The second kappa shape index (κ2) is 7.72. The molecule has 0 bridgehead atoms. The van der Waals surface area contributed by atoms with E-state index in [0.29, 0.717) is 4.57 Å². The topological polar surface area (TPSA) is 80.9 Å². The third-order valence-electron chi connectivity index (χ3n) is 5.11. The van der Waals surface area contributed by atoms with E-state index in [2.05, 4.69) is 5.32 Å². The molecule has 34 heavy (non-hydrogen) atoms. The molecule has 0 spiro atoms. The number of anilines is 1. The molecule has 2 heterocycles. The van der Waals surface area contributed by atoms with Crippen molar-refractivity contribution in [2.75, 3.05) is 5.32 Å². The molecular weight excluding hydrogens is 497 g/mol. The van der Waals surface area contributed by atoms with E-state index in [1.54, 1.807) is 0 Å². The summed E-state index contributed by atoms with van der Waals surface area (Å²) in [5, 5.41) is 2.46. The molecule has 14 heteroatoms. The first kappa shape index (κ1) is 23.5. The van der Waals surface area contributed by atoms with Gasteiger partial charge in [0, 0.05) is 5.02 Å². The van der Waals surface area contributed by atoms with Gasteiger partial charge in [-0.1, -0.05) is 11.6 Å². The van der Waals surface area contributed by atoms with Crippen LogP contribution in [0.3, 0.4) is 0 Å². The number of rotatable bonds is 2. The smallest absolute Gasteiger partial charge is 0.273 e. The number of nitrogens with zero attached hydrogens (tertiary/aromatic N) is 1. The minimum Gasteiger partial charge on any atom is -0.273 e. The van der Waals surface area contributed by atoms with Crippen LogP contribution < -0.4 is 21.6 Å². The van der Waals surface area contributed by atoms with E-state index in [9.17, 15) is 40.3 Å². The van der Waals surface area contributed by atoms with Crippen molar-refractivity contribution in [1.82, 2.24) is 9.55 Å². The molecule has 178 valence electrons. The molecule has 0 saturated carbocycles. The molecule has 0 unspecified atom stereocenters. The summed E-state index contributed by atoms with van der Waals surface area (Å²) in [7, 11) is 0. The number of halogens is 8. The lowest BCUT2D eigenvalue weighted by Gasteiger charge is -2.35. The Morgan fingerprint density at radius 3 is 1.97 bits per heavy atom. The Kier molecular flexibility index (Phi) is 5.35. The standard InChI is InChI=1S/C20H10ClF7N4O2/c21-10-3-7-12(8-4-10)32-15-13(16(33)30-17(32)34)18(19(23,24)25,20(26,27)28)31-14(29-15)9-1-5-11(22)6-2-9/h1-8H,(H,29,31)(H,30,33,34)/p+1. The van der Waals surface area contributed by atoms with Crippen LogP contribution in [0.2, 0.25) is 5.02 Å². The number of hydrogen-bond acceptors (Lipinski definition) is 3. The lowest BCUT2D eigenvalue weighted by Crippen LogP contribution is -2.97. The molecule has 6 nitrogen and oxygen atoms in total. The maximum Gasteiger partial charge on any atom is 0.446 e. The van der Waals surface area contributed by atoms with Gasteiger partial charge in [0.05, 0.1) is 11.3 Å². The first-order valence-electron chi connectivity index (χ1n) is 9.23. The van der Waals surface area contributed by atoms with Crippen molar-refractivity contribution in [3.05, 3.63) is 91.3 Å². The van der Waals surface area contributed by atoms with Crippen molar-refractivity contribution in [3.63, 3.8) is 0 Å². The first-order chi connectivity index (χ1) is 15.8. The summed E-state index contributed by atoms with van der Waals surface area (Å²) >= 11 is 5.79. The van der Waals surface area contributed by atoms with Gasteiger partial charge < -0.3 is 0 Å². The second-order valence-electron chi connectivity index (χ2n) is 7.17. The molecule has 1 aliphatic rings. The van der Waals surface area contributed by atoms with Gasteiger partial charge in [-0.2, -0.15) is 26.3 Å². The van der Waals surface area contributed by atoms with E-state index < -0.39 is 52.2 Å². The fraction of sp³-hybridized carbons (Fsp3) is 0.150. The lowest BCUT2D eigenvalue weighted by molar-refractivity contribution is -0.658. The Labute approximate surface area is 189 Å². The summed E-state index contributed by atoms with van der Waals surface area (Å²) in [6.07, 6.45) is -12.2. The maximum atomic E-state index is 14.3. The molecule has 2 aromatic carbocycles. The number of H-pyrrole nitrogens is 1. The Hall–Kier alpha value is -3.61. The SMILES string of the molecule is O=c1[nH]c(=O)n(-c2ccc(Cl)cc2)c2c1C(C(F)(F)F)(C(F)(F)F)[NH+]=C(c1ccc(F)cc1)N2. The maximum absolute atomic E-state index is 14.3. The summed E-state index contributed by atoms with van der Waals surface area (Å²) in [5.74, 6) is -2.74. The van der Waals surface area contributed by atoms with E-state index in [0.717, 1.165) is 36.4 Å². The van der Waals surface area contributed by atoms with Crippen molar-refractivity contribution in [2.24, 2.45) is 0 Å². The molecule has 0 atom stereocenters. The number of alkyl halides is 6. The predicted octanol–water partition coefficient (Wildman–Crippen LogP) is 2.59.